The van der Waals surface area contributed by atoms with Crippen molar-refractivity contribution in [3.05, 3.63) is 54.1 Å². The SMILES string of the molecule is CC(=O)Nc1ccccc1NS(=O)(=O)c1cccc(C)c1. The fraction of sp³-hybridized carbons (Fsp3) is 0.133. The number of anilines is 2. The zero-order valence-corrected chi connectivity index (χ0v) is 12.6. The van der Waals surface area contributed by atoms with E-state index in [4.69, 9.17) is 0 Å². The molecule has 0 aliphatic carbocycles. The highest BCUT2D eigenvalue weighted by atomic mass is 32.2. The summed E-state index contributed by atoms with van der Waals surface area (Å²) in [4.78, 5) is 11.3. The van der Waals surface area contributed by atoms with Gasteiger partial charge in [-0.3, -0.25) is 9.52 Å². The Hall–Kier alpha value is -2.34. The molecule has 21 heavy (non-hydrogen) atoms. The molecule has 2 rings (SSSR count). The molecule has 0 saturated carbocycles. The molecule has 1 amide bonds. The van der Waals surface area contributed by atoms with Crippen LogP contribution in [0.25, 0.3) is 0 Å². The molecule has 0 atom stereocenters. The summed E-state index contributed by atoms with van der Waals surface area (Å²) in [7, 11) is -3.70. The van der Waals surface area contributed by atoms with Crippen LogP contribution < -0.4 is 10.0 Å². The zero-order valence-electron chi connectivity index (χ0n) is 11.8. The summed E-state index contributed by atoms with van der Waals surface area (Å²) in [5, 5.41) is 2.59. The smallest absolute Gasteiger partial charge is 0.261 e. The molecule has 2 aromatic carbocycles. The van der Waals surface area contributed by atoms with Gasteiger partial charge in [0.05, 0.1) is 16.3 Å². The third-order valence-electron chi connectivity index (χ3n) is 2.78. The lowest BCUT2D eigenvalue weighted by Gasteiger charge is -2.13. The Morgan fingerprint density at radius 3 is 2.29 bits per heavy atom. The summed E-state index contributed by atoms with van der Waals surface area (Å²) >= 11 is 0. The summed E-state index contributed by atoms with van der Waals surface area (Å²) in [5.41, 5.74) is 1.60. The number of amides is 1. The maximum Gasteiger partial charge on any atom is 0.261 e. The van der Waals surface area contributed by atoms with Crippen molar-refractivity contribution < 1.29 is 13.2 Å². The lowest BCUT2D eigenvalue weighted by molar-refractivity contribution is -0.114. The molecule has 0 aliphatic rings. The first-order chi connectivity index (χ1) is 9.88. The van der Waals surface area contributed by atoms with E-state index in [1.165, 1.54) is 13.0 Å². The number of benzene rings is 2. The molecule has 0 bridgehead atoms. The largest absolute Gasteiger partial charge is 0.325 e. The molecule has 0 radical (unpaired) electrons. The van der Waals surface area contributed by atoms with Crippen LogP contribution in [0.15, 0.2) is 53.4 Å². The maximum atomic E-state index is 12.4. The van der Waals surface area contributed by atoms with E-state index in [1.54, 1.807) is 36.4 Å². The number of para-hydroxylation sites is 2. The maximum absolute atomic E-state index is 12.4. The molecule has 6 heteroatoms. The molecular weight excluding hydrogens is 288 g/mol. The Labute approximate surface area is 124 Å². The van der Waals surface area contributed by atoms with Gasteiger partial charge in [-0.25, -0.2) is 8.42 Å². The van der Waals surface area contributed by atoms with E-state index in [1.807, 2.05) is 13.0 Å². The van der Waals surface area contributed by atoms with Gasteiger partial charge in [0.2, 0.25) is 5.91 Å². The van der Waals surface area contributed by atoms with E-state index >= 15 is 0 Å². The molecule has 0 fully saturated rings. The molecule has 0 aromatic heterocycles. The van der Waals surface area contributed by atoms with Crippen LogP contribution in [0.5, 0.6) is 0 Å². The van der Waals surface area contributed by atoms with E-state index in [0.717, 1.165) is 5.56 Å². The van der Waals surface area contributed by atoms with Crippen LogP contribution in [0, 0.1) is 6.92 Å². The molecule has 2 aromatic rings. The van der Waals surface area contributed by atoms with Crippen LogP contribution >= 0.6 is 0 Å². The number of aryl methyl sites for hydroxylation is 1. The van der Waals surface area contributed by atoms with Gasteiger partial charge in [-0.15, -0.1) is 0 Å². The molecule has 110 valence electrons. The van der Waals surface area contributed by atoms with Gasteiger partial charge in [0.25, 0.3) is 10.0 Å². The standard InChI is InChI=1S/C15H16N2O3S/c1-11-6-5-7-13(10-11)21(19,20)17-15-9-4-3-8-14(15)16-12(2)18/h3-10,17H,1-2H3,(H,16,18). The highest BCUT2D eigenvalue weighted by Crippen LogP contribution is 2.24. The average molecular weight is 304 g/mol. The van der Waals surface area contributed by atoms with Crippen molar-refractivity contribution in [2.75, 3.05) is 10.0 Å². The fourth-order valence-corrected chi connectivity index (χ4v) is 3.04. The Bertz CT molecular complexity index is 770. The molecule has 0 heterocycles. The Kier molecular flexibility index (Phi) is 4.28. The minimum atomic E-state index is -3.70. The van der Waals surface area contributed by atoms with Crippen molar-refractivity contribution in [1.82, 2.24) is 0 Å². The lowest BCUT2D eigenvalue weighted by Crippen LogP contribution is -2.15. The summed E-state index contributed by atoms with van der Waals surface area (Å²) in [6.07, 6.45) is 0. The molecule has 0 aliphatic heterocycles. The predicted molar refractivity (Wildman–Crippen MR) is 82.7 cm³/mol. The minimum absolute atomic E-state index is 0.181. The van der Waals surface area contributed by atoms with E-state index in [-0.39, 0.29) is 10.8 Å². The Morgan fingerprint density at radius 1 is 1.00 bits per heavy atom. The van der Waals surface area contributed by atoms with Crippen LogP contribution in [-0.2, 0) is 14.8 Å². The van der Waals surface area contributed by atoms with Gasteiger partial charge in [0.1, 0.15) is 0 Å². The quantitative estimate of drug-likeness (QED) is 0.912. The molecule has 0 saturated heterocycles. The predicted octanol–water partition coefficient (Wildman–Crippen LogP) is 2.75. The van der Waals surface area contributed by atoms with Crippen LogP contribution in [0.4, 0.5) is 11.4 Å². The van der Waals surface area contributed by atoms with E-state index < -0.39 is 10.0 Å². The molecule has 0 spiro atoms. The van der Waals surface area contributed by atoms with Gasteiger partial charge in [-0.1, -0.05) is 24.3 Å². The summed E-state index contributed by atoms with van der Waals surface area (Å²) in [6.45, 7) is 3.19. The van der Waals surface area contributed by atoms with Crippen molar-refractivity contribution in [2.45, 2.75) is 18.7 Å². The normalized spacial score (nSPS) is 11.0. The first-order valence-electron chi connectivity index (χ1n) is 6.34. The van der Waals surface area contributed by atoms with E-state index in [2.05, 4.69) is 10.0 Å². The van der Waals surface area contributed by atoms with Gasteiger partial charge in [0, 0.05) is 6.92 Å². The first-order valence-corrected chi connectivity index (χ1v) is 7.83. The second-order valence-electron chi connectivity index (χ2n) is 4.65. The van der Waals surface area contributed by atoms with Gasteiger partial charge >= 0.3 is 0 Å². The number of nitrogens with one attached hydrogen (secondary N) is 2. The average Bonchev–Trinajstić information content (AvgIpc) is 2.40. The van der Waals surface area contributed by atoms with Crippen LogP contribution in [0.3, 0.4) is 0 Å². The second kappa shape index (κ2) is 5.97. The second-order valence-corrected chi connectivity index (χ2v) is 6.33. The molecule has 5 nitrogen and oxygen atoms in total. The lowest BCUT2D eigenvalue weighted by atomic mass is 10.2. The fourth-order valence-electron chi connectivity index (χ4n) is 1.86. The topological polar surface area (TPSA) is 75.3 Å². The van der Waals surface area contributed by atoms with Crippen LogP contribution in [0.2, 0.25) is 0 Å². The molecule has 2 N–H and O–H groups in total. The summed E-state index contributed by atoms with van der Waals surface area (Å²) in [5.74, 6) is -0.266. The zero-order chi connectivity index (χ0) is 15.5. The monoisotopic (exact) mass is 304 g/mol. The van der Waals surface area contributed by atoms with E-state index in [0.29, 0.717) is 11.4 Å². The van der Waals surface area contributed by atoms with Gasteiger partial charge in [0.15, 0.2) is 0 Å². The minimum Gasteiger partial charge on any atom is -0.325 e. The van der Waals surface area contributed by atoms with Gasteiger partial charge in [-0.05, 0) is 36.8 Å². The Balaban J connectivity index is 2.35. The molecular formula is C15H16N2O3S. The van der Waals surface area contributed by atoms with Crippen molar-refractivity contribution in [2.24, 2.45) is 0 Å². The summed E-state index contributed by atoms with van der Waals surface area (Å²) in [6, 6.07) is 13.3. The highest BCUT2D eigenvalue weighted by molar-refractivity contribution is 7.92. The highest BCUT2D eigenvalue weighted by Gasteiger charge is 2.16. The third kappa shape index (κ3) is 3.82. The number of carbonyl (C=O) groups excluding carboxylic acids is 1. The molecule has 0 unspecified atom stereocenters. The van der Waals surface area contributed by atoms with Crippen LogP contribution in [0.1, 0.15) is 12.5 Å². The summed E-state index contributed by atoms with van der Waals surface area (Å²) < 4.78 is 27.2. The van der Waals surface area contributed by atoms with Crippen molar-refractivity contribution in [1.29, 1.82) is 0 Å². The Morgan fingerprint density at radius 2 is 1.67 bits per heavy atom. The van der Waals surface area contributed by atoms with Crippen molar-refractivity contribution in [3.8, 4) is 0 Å². The number of carbonyl (C=O) groups is 1. The van der Waals surface area contributed by atoms with Gasteiger partial charge < -0.3 is 5.32 Å². The number of sulfonamides is 1. The third-order valence-corrected chi connectivity index (χ3v) is 4.15. The number of rotatable bonds is 4. The van der Waals surface area contributed by atoms with Crippen LogP contribution in [-0.4, -0.2) is 14.3 Å². The van der Waals surface area contributed by atoms with Crippen molar-refractivity contribution >= 4 is 27.3 Å². The van der Waals surface area contributed by atoms with Gasteiger partial charge in [-0.2, -0.15) is 0 Å². The first kappa shape index (κ1) is 15.1. The van der Waals surface area contributed by atoms with Crippen molar-refractivity contribution in [3.63, 3.8) is 0 Å². The van der Waals surface area contributed by atoms with E-state index in [9.17, 15) is 13.2 Å². The number of hydrogen-bond donors (Lipinski definition) is 2. The number of hydrogen-bond acceptors (Lipinski definition) is 3.